The van der Waals surface area contributed by atoms with Crippen molar-refractivity contribution in [2.24, 2.45) is 0 Å². The Balaban J connectivity index is 1.41. The van der Waals surface area contributed by atoms with Gasteiger partial charge in [-0.25, -0.2) is 4.39 Å². The Morgan fingerprint density at radius 2 is 1.80 bits per heavy atom. The fourth-order valence-corrected chi connectivity index (χ4v) is 7.27. The lowest BCUT2D eigenvalue weighted by atomic mass is 10.1. The van der Waals surface area contributed by atoms with Crippen molar-refractivity contribution in [3.8, 4) is 0 Å². The Morgan fingerprint density at radius 3 is 2.45 bits per heavy atom. The first-order valence-electron chi connectivity index (χ1n) is 14.2. The number of fused-ring (bicyclic) bond motifs is 2. The number of likely N-dealkylation sites (N-methyl/N-ethyl adjacent to an activating group) is 1. The van der Waals surface area contributed by atoms with Crippen molar-refractivity contribution < 1.29 is 37.9 Å². The minimum Gasteiger partial charge on any atom is -0.340 e. The number of hydrogen-bond acceptors (Lipinski definition) is 6. The molecule has 2 aromatic carbocycles. The van der Waals surface area contributed by atoms with Crippen LogP contribution in [0.2, 0.25) is 0 Å². The SMILES string of the molecule is CC(=O)N1CC[C@H]2CC[C@@H](C(=O)N(C)c3ccccc3)N2C(=O)[C@@H](NC(=O)c2cc3cc(C(C)(F)P(=O)(O)O)ccc3s2)C1. The first kappa shape index (κ1) is 31.8. The highest BCUT2D eigenvalue weighted by molar-refractivity contribution is 7.52. The van der Waals surface area contributed by atoms with Crippen LogP contribution in [0.25, 0.3) is 10.1 Å². The Kier molecular flexibility index (Phi) is 8.69. The van der Waals surface area contributed by atoms with E-state index in [1.165, 1.54) is 41.0 Å². The Bertz CT molecular complexity index is 1660. The van der Waals surface area contributed by atoms with E-state index in [-0.39, 0.29) is 34.8 Å². The number of amides is 4. The maximum Gasteiger partial charge on any atom is 0.366 e. The molecule has 1 unspecified atom stereocenters. The number of alkyl halides is 1. The molecule has 11 nitrogen and oxygen atoms in total. The highest BCUT2D eigenvalue weighted by Crippen LogP contribution is 2.58. The van der Waals surface area contributed by atoms with Gasteiger partial charge in [-0.3, -0.25) is 23.7 Å². The van der Waals surface area contributed by atoms with Crippen molar-refractivity contribution in [1.82, 2.24) is 15.1 Å². The molecule has 3 N–H and O–H groups in total. The number of carbonyl (C=O) groups is 4. The molecule has 0 aliphatic carbocycles. The second-order valence-corrected chi connectivity index (χ2v) is 14.4. The van der Waals surface area contributed by atoms with Crippen LogP contribution in [0, 0.1) is 0 Å². The third-order valence-electron chi connectivity index (χ3n) is 8.51. The number of carbonyl (C=O) groups excluding carboxylic acids is 4. The van der Waals surface area contributed by atoms with Crippen LogP contribution >= 0.6 is 18.9 Å². The fourth-order valence-electron chi connectivity index (χ4n) is 5.85. The second kappa shape index (κ2) is 12.0. The van der Waals surface area contributed by atoms with E-state index in [0.29, 0.717) is 41.6 Å². The van der Waals surface area contributed by atoms with Crippen molar-refractivity contribution in [3.63, 3.8) is 0 Å². The molecule has 2 saturated heterocycles. The van der Waals surface area contributed by atoms with Crippen molar-refractivity contribution in [2.45, 2.75) is 56.6 Å². The van der Waals surface area contributed by atoms with Crippen LogP contribution in [0.5, 0.6) is 0 Å². The number of nitrogens with one attached hydrogen (secondary N) is 1. The first-order valence-corrected chi connectivity index (χ1v) is 16.6. The van der Waals surface area contributed by atoms with E-state index in [9.17, 15) is 37.9 Å². The number of para-hydroxylation sites is 1. The van der Waals surface area contributed by atoms with Crippen LogP contribution in [-0.2, 0) is 24.4 Å². The van der Waals surface area contributed by atoms with E-state index in [1.54, 1.807) is 11.9 Å². The van der Waals surface area contributed by atoms with Gasteiger partial charge in [0, 0.05) is 49.1 Å². The molecular formula is C30H34FN4O7PS. The summed E-state index contributed by atoms with van der Waals surface area (Å²) in [6.45, 7) is 2.49. The van der Waals surface area contributed by atoms with Crippen molar-refractivity contribution in [1.29, 1.82) is 0 Å². The van der Waals surface area contributed by atoms with E-state index in [0.717, 1.165) is 18.3 Å². The lowest BCUT2D eigenvalue weighted by Crippen LogP contribution is -2.61. The van der Waals surface area contributed by atoms with E-state index in [4.69, 9.17) is 0 Å². The summed E-state index contributed by atoms with van der Waals surface area (Å²) in [6.07, 6.45) is 1.54. The molecule has 0 bridgehead atoms. The van der Waals surface area contributed by atoms with Gasteiger partial charge in [0.25, 0.3) is 5.91 Å². The third kappa shape index (κ3) is 6.01. The summed E-state index contributed by atoms with van der Waals surface area (Å²) in [6, 6.07) is 12.5. The number of nitrogens with zero attached hydrogens (tertiary/aromatic N) is 3. The zero-order chi connectivity index (χ0) is 32.0. The van der Waals surface area contributed by atoms with Crippen LogP contribution in [0.4, 0.5) is 10.1 Å². The normalized spacial score (nSPS) is 22.1. The third-order valence-corrected chi connectivity index (χ3v) is 11.0. The zero-order valence-electron chi connectivity index (χ0n) is 24.5. The molecule has 2 fully saturated rings. The number of anilines is 1. The monoisotopic (exact) mass is 644 g/mol. The number of halogens is 1. The van der Waals surface area contributed by atoms with Gasteiger partial charge < -0.3 is 29.8 Å². The van der Waals surface area contributed by atoms with Crippen LogP contribution in [0.3, 0.4) is 0 Å². The van der Waals surface area contributed by atoms with Gasteiger partial charge >= 0.3 is 7.60 Å². The molecule has 4 atom stereocenters. The van der Waals surface area contributed by atoms with Gasteiger partial charge in [-0.15, -0.1) is 11.3 Å². The van der Waals surface area contributed by atoms with E-state index in [1.807, 2.05) is 30.3 Å². The van der Waals surface area contributed by atoms with Gasteiger partial charge in [0.15, 0.2) is 0 Å². The van der Waals surface area contributed by atoms with Gasteiger partial charge in [0.05, 0.1) is 4.88 Å². The predicted octanol–water partition coefficient (Wildman–Crippen LogP) is 3.59. The molecule has 2 aliphatic heterocycles. The summed E-state index contributed by atoms with van der Waals surface area (Å²) in [4.78, 5) is 77.4. The van der Waals surface area contributed by atoms with Crippen molar-refractivity contribution in [3.05, 3.63) is 65.0 Å². The second-order valence-electron chi connectivity index (χ2n) is 11.4. The molecule has 3 heterocycles. The maximum atomic E-state index is 14.9. The average Bonchev–Trinajstić information content (AvgIpc) is 3.60. The maximum absolute atomic E-state index is 14.9. The van der Waals surface area contributed by atoms with E-state index in [2.05, 4.69) is 5.32 Å². The lowest BCUT2D eigenvalue weighted by Gasteiger charge is -2.39. The van der Waals surface area contributed by atoms with Gasteiger partial charge in [0.1, 0.15) is 12.1 Å². The zero-order valence-corrected chi connectivity index (χ0v) is 26.2. The quantitative estimate of drug-likeness (QED) is 0.348. The van der Waals surface area contributed by atoms with E-state index >= 15 is 0 Å². The molecular weight excluding hydrogens is 610 g/mol. The number of thiophene rings is 1. The lowest BCUT2D eigenvalue weighted by molar-refractivity contribution is -0.144. The minimum atomic E-state index is -5.12. The molecule has 234 valence electrons. The van der Waals surface area contributed by atoms with Crippen LogP contribution < -0.4 is 10.2 Å². The number of hydrogen-bond donors (Lipinski definition) is 3. The minimum absolute atomic E-state index is 0.0733. The van der Waals surface area contributed by atoms with Crippen LogP contribution in [0.15, 0.2) is 54.6 Å². The van der Waals surface area contributed by atoms with Crippen molar-refractivity contribution in [2.75, 3.05) is 25.0 Å². The molecule has 14 heteroatoms. The summed E-state index contributed by atoms with van der Waals surface area (Å²) in [5.41, 5.74) is 0.460. The van der Waals surface area contributed by atoms with Crippen molar-refractivity contribution >= 4 is 58.3 Å². The smallest absolute Gasteiger partial charge is 0.340 e. The van der Waals surface area contributed by atoms with E-state index < -0.39 is 36.9 Å². The highest BCUT2D eigenvalue weighted by atomic mass is 32.1. The largest absolute Gasteiger partial charge is 0.366 e. The molecule has 0 spiro atoms. The Hall–Kier alpha value is -3.64. The summed E-state index contributed by atoms with van der Waals surface area (Å²) >= 11 is 1.07. The summed E-state index contributed by atoms with van der Waals surface area (Å²) < 4.78 is 27.2. The molecule has 1 aromatic heterocycles. The molecule has 3 aromatic rings. The van der Waals surface area contributed by atoms with Gasteiger partial charge in [-0.05, 0) is 61.9 Å². The molecule has 0 radical (unpaired) electrons. The van der Waals surface area contributed by atoms with Gasteiger partial charge in [-0.1, -0.05) is 24.3 Å². The standard InChI is InChI=1S/C30H34FN4O7PS/c1-18(36)34-14-13-22-10-11-24(29(39)33(3)21-7-5-4-6-8-21)35(22)28(38)23(17-34)32-27(37)26-16-19-15-20(9-12-25(19)44-26)30(2,31)43(40,41)42/h4-9,12,15-16,22-24H,10-11,13-14,17H2,1-3H3,(H,32,37)(H2,40,41,42)/t22-,23+,24+,30?/m1/s1. The van der Waals surface area contributed by atoms with Gasteiger partial charge in [-0.2, -0.15) is 0 Å². The molecule has 5 rings (SSSR count). The first-order chi connectivity index (χ1) is 20.7. The van der Waals surface area contributed by atoms with Crippen LogP contribution in [-0.4, -0.2) is 81.5 Å². The summed E-state index contributed by atoms with van der Waals surface area (Å²) in [5, 5.41) is 0.250. The number of benzene rings is 2. The molecule has 44 heavy (non-hydrogen) atoms. The highest BCUT2D eigenvalue weighted by Gasteiger charge is 2.47. The Morgan fingerprint density at radius 1 is 1.09 bits per heavy atom. The van der Waals surface area contributed by atoms with Crippen LogP contribution in [0.1, 0.15) is 48.3 Å². The predicted molar refractivity (Wildman–Crippen MR) is 164 cm³/mol. The topological polar surface area (TPSA) is 148 Å². The average molecular weight is 645 g/mol. The molecule has 4 amide bonds. The number of rotatable bonds is 6. The fraction of sp³-hybridized carbons (Fsp3) is 0.400. The summed E-state index contributed by atoms with van der Waals surface area (Å²) in [5.74, 6) is -1.54. The Labute approximate surface area is 257 Å². The molecule has 2 aliphatic rings. The van der Waals surface area contributed by atoms with Gasteiger partial charge in [0.2, 0.25) is 23.1 Å². The summed E-state index contributed by atoms with van der Waals surface area (Å²) in [7, 11) is -3.46. The molecule has 0 saturated carbocycles.